The average molecular weight is 84.0 g/mol. The second-order valence-corrected chi connectivity index (χ2v) is 0.149. The highest BCUT2D eigenvalue weighted by atomic mass is 17.6. The molecule has 5 heavy (non-hydrogen) atoms. The molecule has 0 amide bonds. The molecule has 0 radical (unpaired) electrons. The van der Waals surface area contributed by atoms with Gasteiger partial charge in [0.15, 0.2) is 0 Å². The molecule has 0 heterocycles. The number of hydrogen-bond acceptors (Lipinski definition) is 4. The van der Waals surface area contributed by atoms with Gasteiger partial charge in [0.25, 0.3) is 0 Å². The SMILES string of the molecule is O.OOOO. The third-order valence-electron chi connectivity index (χ3n) is 0.0333. The Labute approximate surface area is 27.5 Å². The van der Waals surface area contributed by atoms with Gasteiger partial charge in [0.1, 0.15) is 0 Å². The summed E-state index contributed by atoms with van der Waals surface area (Å²) in [6.45, 7) is 0. The molecule has 0 rings (SSSR count). The van der Waals surface area contributed by atoms with E-state index in [4.69, 9.17) is 10.5 Å². The van der Waals surface area contributed by atoms with Crippen molar-refractivity contribution in [2.24, 2.45) is 0 Å². The third-order valence-corrected chi connectivity index (χ3v) is 0.0333. The molecule has 5 heteroatoms. The molecule has 0 saturated heterocycles. The average Bonchev–Trinajstić information content (AvgIpc) is 1.37. The Morgan fingerprint density at radius 2 is 1.20 bits per heavy atom. The summed E-state index contributed by atoms with van der Waals surface area (Å²) in [6, 6.07) is 0. The van der Waals surface area contributed by atoms with Crippen LogP contribution in [0.5, 0.6) is 0 Å². The zero-order valence-corrected chi connectivity index (χ0v) is 2.21. The maximum atomic E-state index is 6.90. The Morgan fingerprint density at radius 3 is 1.20 bits per heavy atom. The van der Waals surface area contributed by atoms with Crippen molar-refractivity contribution in [1.29, 1.82) is 0 Å². The minimum absolute atomic E-state index is 0. The second-order valence-electron chi connectivity index (χ2n) is 0.149. The van der Waals surface area contributed by atoms with Crippen LogP contribution in [0.3, 0.4) is 0 Å². The van der Waals surface area contributed by atoms with Crippen molar-refractivity contribution in [2.45, 2.75) is 0 Å². The van der Waals surface area contributed by atoms with E-state index >= 15 is 0 Å². The van der Waals surface area contributed by atoms with Gasteiger partial charge >= 0.3 is 0 Å². The fourth-order valence-corrected chi connectivity index (χ4v) is 0. The molecule has 0 bridgehead atoms. The molecule has 0 aliphatic rings. The van der Waals surface area contributed by atoms with E-state index in [2.05, 4.69) is 10.1 Å². The minimum atomic E-state index is 0. The standard InChI is InChI=1S/H2O4.H2O/c1-3-4-2;/h1-2H;1H2. The zero-order valence-electron chi connectivity index (χ0n) is 2.21. The largest absolute Gasteiger partial charge is 0.412 e. The molecule has 0 aliphatic carbocycles. The highest BCUT2D eigenvalue weighted by Crippen LogP contribution is 1.49. The maximum absolute atomic E-state index is 6.90. The van der Waals surface area contributed by atoms with Gasteiger partial charge in [-0.25, -0.2) is 10.5 Å². The highest BCUT2D eigenvalue weighted by Gasteiger charge is 1.53. The van der Waals surface area contributed by atoms with Gasteiger partial charge in [-0.15, -0.1) is 0 Å². The van der Waals surface area contributed by atoms with Crippen molar-refractivity contribution in [2.75, 3.05) is 0 Å². The lowest BCUT2D eigenvalue weighted by molar-refractivity contribution is -0.611. The number of rotatable bonds is 1. The first-order valence-electron chi connectivity index (χ1n) is 0.532. The minimum Gasteiger partial charge on any atom is -0.412 e. The van der Waals surface area contributed by atoms with Crippen LogP contribution in [-0.4, -0.2) is 16.0 Å². The van der Waals surface area contributed by atoms with Gasteiger partial charge in [0.2, 0.25) is 0 Å². The molecule has 0 fully saturated rings. The normalized spacial score (nSPS) is 6.00. The van der Waals surface area contributed by atoms with E-state index in [0.29, 0.717) is 0 Å². The van der Waals surface area contributed by atoms with Crippen LogP contribution in [0.15, 0.2) is 0 Å². The summed E-state index contributed by atoms with van der Waals surface area (Å²) < 4.78 is 0. The van der Waals surface area contributed by atoms with Crippen LogP contribution in [0.25, 0.3) is 0 Å². The molecule has 0 aromatic carbocycles. The van der Waals surface area contributed by atoms with Crippen LogP contribution in [0.4, 0.5) is 0 Å². The Hall–Kier alpha value is -0.200. The molecule has 0 spiro atoms. The molecule has 4 N–H and O–H groups in total. The van der Waals surface area contributed by atoms with Crippen LogP contribution in [0, 0.1) is 0 Å². The van der Waals surface area contributed by atoms with Crippen molar-refractivity contribution in [3.05, 3.63) is 0 Å². The molecule has 0 saturated carbocycles. The summed E-state index contributed by atoms with van der Waals surface area (Å²) in [5, 5.41) is 19.0. The first-order valence-corrected chi connectivity index (χ1v) is 0.532. The molecule has 0 aromatic heterocycles. The predicted octanol–water partition coefficient (Wildman–Crippen LogP) is -0.944. The first kappa shape index (κ1) is 8.84. The molecule has 0 unspecified atom stereocenters. The molecule has 34 valence electrons. The summed E-state index contributed by atoms with van der Waals surface area (Å²) in [4.78, 5) is 0. The Morgan fingerprint density at radius 1 is 1.00 bits per heavy atom. The molecule has 5 nitrogen and oxygen atoms in total. The maximum Gasteiger partial charge on any atom is -0.0395 e. The summed E-state index contributed by atoms with van der Waals surface area (Å²) in [5.41, 5.74) is 0. The second kappa shape index (κ2) is 9.20. The van der Waals surface area contributed by atoms with Gasteiger partial charge < -0.3 is 5.48 Å². The summed E-state index contributed by atoms with van der Waals surface area (Å²) >= 11 is 0. The molecule has 0 aliphatic heterocycles. The Bertz CT molecular complexity index is 2.00. The van der Waals surface area contributed by atoms with E-state index in [1.807, 2.05) is 0 Å². The monoisotopic (exact) mass is 84.0 g/mol. The third kappa shape index (κ3) is 19.2. The van der Waals surface area contributed by atoms with Crippen LogP contribution in [-0.2, 0) is 10.1 Å². The fourth-order valence-electron chi connectivity index (χ4n) is 0. The lowest BCUT2D eigenvalue weighted by atomic mass is 14.4. The van der Waals surface area contributed by atoms with E-state index in [0.717, 1.165) is 0 Å². The quantitative estimate of drug-likeness (QED) is 0.316. The summed E-state index contributed by atoms with van der Waals surface area (Å²) in [6.07, 6.45) is 0. The molecular formula is H4O5. The Balaban J connectivity index is 0. The van der Waals surface area contributed by atoms with E-state index in [9.17, 15) is 0 Å². The lowest BCUT2D eigenvalue weighted by Gasteiger charge is -1.71. The van der Waals surface area contributed by atoms with E-state index in [-0.39, 0.29) is 5.48 Å². The van der Waals surface area contributed by atoms with E-state index in [1.54, 1.807) is 0 Å². The van der Waals surface area contributed by atoms with E-state index in [1.165, 1.54) is 0 Å². The zero-order chi connectivity index (χ0) is 3.41. The van der Waals surface area contributed by atoms with Gasteiger partial charge in [-0.2, -0.15) is 0 Å². The molecule has 0 aromatic rings. The first-order chi connectivity index (χ1) is 1.91. The van der Waals surface area contributed by atoms with Crippen LogP contribution >= 0.6 is 0 Å². The molecule has 0 atom stereocenters. The van der Waals surface area contributed by atoms with Crippen molar-refractivity contribution >= 4 is 0 Å². The van der Waals surface area contributed by atoms with Crippen LogP contribution in [0.1, 0.15) is 0 Å². The predicted molar refractivity (Wildman–Crippen MR) is 11.0 cm³/mol. The van der Waals surface area contributed by atoms with Crippen molar-refractivity contribution in [1.82, 2.24) is 0 Å². The lowest BCUT2D eigenvalue weighted by Crippen LogP contribution is -1.75. The summed E-state index contributed by atoms with van der Waals surface area (Å²) in [7, 11) is 0. The summed E-state index contributed by atoms with van der Waals surface area (Å²) in [5.74, 6) is 0. The molecular weight excluding hydrogens is 80.0 g/mol. The van der Waals surface area contributed by atoms with Gasteiger partial charge in [-0.1, -0.05) is 0 Å². The fraction of sp³-hybridized carbons (Fsp3) is 0. The van der Waals surface area contributed by atoms with Crippen molar-refractivity contribution in [3.63, 3.8) is 0 Å². The van der Waals surface area contributed by atoms with Gasteiger partial charge in [-0.05, 0) is 10.1 Å². The van der Waals surface area contributed by atoms with Gasteiger partial charge in [-0.3, -0.25) is 0 Å². The van der Waals surface area contributed by atoms with Gasteiger partial charge in [0.05, 0.1) is 0 Å². The van der Waals surface area contributed by atoms with Gasteiger partial charge in [0, 0.05) is 0 Å². The topological polar surface area (TPSA) is 90.4 Å². The Kier molecular flexibility index (Phi) is 16.3. The van der Waals surface area contributed by atoms with E-state index < -0.39 is 0 Å². The van der Waals surface area contributed by atoms with Crippen molar-refractivity contribution in [3.8, 4) is 0 Å². The number of hydrogen-bond donors (Lipinski definition) is 2. The highest BCUT2D eigenvalue weighted by molar-refractivity contribution is 2.64. The smallest absolute Gasteiger partial charge is 0.0395 e. The van der Waals surface area contributed by atoms with Crippen LogP contribution < -0.4 is 0 Å². The van der Waals surface area contributed by atoms with Crippen LogP contribution in [0.2, 0.25) is 0 Å². The van der Waals surface area contributed by atoms with Crippen molar-refractivity contribution < 1.29 is 26.1 Å².